The van der Waals surface area contributed by atoms with E-state index in [0.717, 1.165) is 0 Å². The van der Waals surface area contributed by atoms with E-state index in [2.05, 4.69) is 5.10 Å². The number of β-amino-alcohol motifs (C(OH)–C–C–N with tert-alkyl or cyclic N) is 1. The van der Waals surface area contributed by atoms with Crippen LogP contribution in [0.2, 0.25) is 0 Å². The summed E-state index contributed by atoms with van der Waals surface area (Å²) < 4.78 is 1.73. The Kier molecular flexibility index (Phi) is 2.89. The highest BCUT2D eigenvalue weighted by Crippen LogP contribution is 2.29. The van der Waals surface area contributed by atoms with Crippen molar-refractivity contribution in [2.45, 2.75) is 38.6 Å². The number of fused-ring (bicyclic) bond motifs is 1. The summed E-state index contributed by atoms with van der Waals surface area (Å²) in [6, 6.07) is -0.160. The summed E-state index contributed by atoms with van der Waals surface area (Å²) in [7, 11) is 0. The molecule has 1 aromatic rings. The number of aliphatic hydroxyl groups excluding tert-OH is 1. The maximum Gasteiger partial charge on any atom is 0.407 e. The van der Waals surface area contributed by atoms with Gasteiger partial charge in [-0.1, -0.05) is 0 Å². The molecule has 8 heteroatoms. The number of carboxylic acid groups (broad SMARTS) is 1. The number of carbonyl (C=O) groups is 2. The molecule has 0 spiro atoms. The first-order valence-electron chi connectivity index (χ1n) is 6.50. The standard InChI is InChI=1S/C12H16N4O4/c1-7-4-16-10(6-14(7)12(19)20)9(3-13-16)15-5-8(17)2-11(15)18/h3,7-8,17H,2,4-6H2,1H3,(H,19,20)/t7-,8?/m0/s1. The summed E-state index contributed by atoms with van der Waals surface area (Å²) in [6.45, 7) is 2.72. The number of carbonyl (C=O) groups excluding carboxylic acids is 1. The van der Waals surface area contributed by atoms with Crippen molar-refractivity contribution < 1.29 is 19.8 Å². The van der Waals surface area contributed by atoms with Gasteiger partial charge in [-0.3, -0.25) is 14.4 Å². The van der Waals surface area contributed by atoms with Gasteiger partial charge in [0.2, 0.25) is 5.91 Å². The zero-order valence-electron chi connectivity index (χ0n) is 11.1. The summed E-state index contributed by atoms with van der Waals surface area (Å²) >= 11 is 0. The molecule has 1 saturated heterocycles. The van der Waals surface area contributed by atoms with Crippen LogP contribution in [0.4, 0.5) is 10.5 Å². The van der Waals surface area contributed by atoms with E-state index in [1.165, 1.54) is 9.80 Å². The predicted molar refractivity (Wildman–Crippen MR) is 68.2 cm³/mol. The lowest BCUT2D eigenvalue weighted by atomic mass is 10.2. The molecule has 8 nitrogen and oxygen atoms in total. The van der Waals surface area contributed by atoms with Crippen LogP contribution in [0.5, 0.6) is 0 Å². The van der Waals surface area contributed by atoms with Gasteiger partial charge in [-0.15, -0.1) is 0 Å². The Labute approximate surface area is 115 Å². The average Bonchev–Trinajstić information content (AvgIpc) is 2.90. The van der Waals surface area contributed by atoms with Gasteiger partial charge in [0.25, 0.3) is 0 Å². The topological polar surface area (TPSA) is 98.9 Å². The first kappa shape index (κ1) is 12.9. The SMILES string of the molecule is C[C@H]1Cn2ncc(N3CC(O)CC3=O)c2CN1C(=O)O. The number of aliphatic hydroxyl groups is 1. The quantitative estimate of drug-likeness (QED) is 0.746. The van der Waals surface area contributed by atoms with Crippen molar-refractivity contribution in [3.63, 3.8) is 0 Å². The zero-order chi connectivity index (χ0) is 14.4. The van der Waals surface area contributed by atoms with E-state index < -0.39 is 12.2 Å². The molecule has 0 aliphatic carbocycles. The van der Waals surface area contributed by atoms with Gasteiger partial charge in [0.05, 0.1) is 55.8 Å². The van der Waals surface area contributed by atoms with E-state index in [1.54, 1.807) is 10.9 Å². The minimum absolute atomic E-state index is 0.101. The van der Waals surface area contributed by atoms with Gasteiger partial charge in [-0.05, 0) is 6.92 Å². The third kappa shape index (κ3) is 1.92. The molecule has 0 aromatic carbocycles. The Morgan fingerprint density at radius 1 is 1.45 bits per heavy atom. The number of hydrogen-bond acceptors (Lipinski definition) is 4. The van der Waals surface area contributed by atoms with Crippen molar-refractivity contribution >= 4 is 17.7 Å². The highest BCUT2D eigenvalue weighted by molar-refractivity contribution is 5.96. The summed E-state index contributed by atoms with van der Waals surface area (Å²) in [5.74, 6) is -0.159. The lowest BCUT2D eigenvalue weighted by Gasteiger charge is -2.32. The van der Waals surface area contributed by atoms with Crippen molar-refractivity contribution in [2.75, 3.05) is 11.4 Å². The fourth-order valence-corrected chi connectivity index (χ4v) is 2.79. The van der Waals surface area contributed by atoms with E-state index in [9.17, 15) is 19.8 Å². The van der Waals surface area contributed by atoms with Gasteiger partial charge in [0.1, 0.15) is 0 Å². The molecule has 3 heterocycles. The second kappa shape index (κ2) is 4.48. The normalized spacial score (nSPS) is 26.0. The molecular formula is C12H16N4O4. The molecule has 2 aliphatic rings. The first-order valence-corrected chi connectivity index (χ1v) is 6.50. The van der Waals surface area contributed by atoms with Crippen LogP contribution in [0.15, 0.2) is 6.20 Å². The Morgan fingerprint density at radius 3 is 2.80 bits per heavy atom. The number of rotatable bonds is 1. The molecule has 108 valence electrons. The van der Waals surface area contributed by atoms with Crippen LogP contribution < -0.4 is 4.90 Å². The highest BCUT2D eigenvalue weighted by atomic mass is 16.4. The molecule has 1 aromatic heterocycles. The minimum atomic E-state index is -0.983. The van der Waals surface area contributed by atoms with Gasteiger partial charge in [-0.2, -0.15) is 5.10 Å². The zero-order valence-corrected chi connectivity index (χ0v) is 11.1. The summed E-state index contributed by atoms with van der Waals surface area (Å²) in [5.41, 5.74) is 1.30. The number of hydrogen-bond donors (Lipinski definition) is 2. The molecule has 3 rings (SSSR count). The van der Waals surface area contributed by atoms with Crippen LogP contribution in [-0.2, 0) is 17.9 Å². The van der Waals surface area contributed by atoms with E-state index in [1.807, 2.05) is 6.92 Å². The minimum Gasteiger partial charge on any atom is -0.465 e. The van der Waals surface area contributed by atoms with Crippen LogP contribution in [0.1, 0.15) is 19.0 Å². The molecule has 0 radical (unpaired) electrons. The second-order valence-corrected chi connectivity index (χ2v) is 5.28. The molecule has 2 atom stereocenters. The highest BCUT2D eigenvalue weighted by Gasteiger charge is 2.35. The van der Waals surface area contributed by atoms with Gasteiger partial charge < -0.3 is 15.1 Å². The number of aromatic nitrogens is 2. The molecular weight excluding hydrogens is 264 g/mol. The maximum atomic E-state index is 11.8. The molecule has 1 fully saturated rings. The Balaban J connectivity index is 1.93. The summed E-state index contributed by atoms with van der Waals surface area (Å²) in [5, 5.41) is 23.0. The van der Waals surface area contributed by atoms with Crippen molar-refractivity contribution in [1.29, 1.82) is 0 Å². The average molecular weight is 280 g/mol. The Hall–Kier alpha value is -2.09. The van der Waals surface area contributed by atoms with E-state index in [0.29, 0.717) is 17.9 Å². The van der Waals surface area contributed by atoms with Crippen molar-refractivity contribution in [1.82, 2.24) is 14.7 Å². The fraction of sp³-hybridized carbons (Fsp3) is 0.583. The third-order valence-corrected chi connectivity index (χ3v) is 3.86. The monoisotopic (exact) mass is 280 g/mol. The number of anilines is 1. The van der Waals surface area contributed by atoms with E-state index in [4.69, 9.17) is 0 Å². The predicted octanol–water partition coefficient (Wildman–Crippen LogP) is -0.137. The molecule has 20 heavy (non-hydrogen) atoms. The Morgan fingerprint density at radius 2 is 2.20 bits per heavy atom. The van der Waals surface area contributed by atoms with Gasteiger partial charge in [0, 0.05) is 0 Å². The summed E-state index contributed by atoms with van der Waals surface area (Å²) in [4.78, 5) is 25.9. The molecule has 2 N–H and O–H groups in total. The lowest BCUT2D eigenvalue weighted by Crippen LogP contribution is -2.44. The molecule has 0 saturated carbocycles. The second-order valence-electron chi connectivity index (χ2n) is 5.28. The molecule has 2 aliphatic heterocycles. The number of amides is 2. The van der Waals surface area contributed by atoms with Crippen molar-refractivity contribution in [3.8, 4) is 0 Å². The van der Waals surface area contributed by atoms with Crippen LogP contribution in [0.3, 0.4) is 0 Å². The van der Waals surface area contributed by atoms with Crippen molar-refractivity contribution in [2.24, 2.45) is 0 Å². The van der Waals surface area contributed by atoms with E-state index >= 15 is 0 Å². The van der Waals surface area contributed by atoms with Gasteiger partial charge in [-0.25, -0.2) is 4.79 Å². The first-order chi connectivity index (χ1) is 9.47. The molecule has 2 amide bonds. The third-order valence-electron chi connectivity index (χ3n) is 3.86. The van der Waals surface area contributed by atoms with Gasteiger partial charge >= 0.3 is 6.09 Å². The van der Waals surface area contributed by atoms with Crippen LogP contribution in [-0.4, -0.2) is 55.6 Å². The number of nitrogens with zero attached hydrogens (tertiary/aromatic N) is 4. The lowest BCUT2D eigenvalue weighted by molar-refractivity contribution is -0.117. The molecule has 1 unspecified atom stereocenters. The summed E-state index contributed by atoms with van der Waals surface area (Å²) in [6.07, 6.45) is 0.0207. The smallest absolute Gasteiger partial charge is 0.407 e. The van der Waals surface area contributed by atoms with E-state index in [-0.39, 0.29) is 31.5 Å². The fourth-order valence-electron chi connectivity index (χ4n) is 2.79. The maximum absolute atomic E-state index is 11.8. The van der Waals surface area contributed by atoms with Crippen LogP contribution in [0, 0.1) is 0 Å². The Bertz CT molecular complexity index is 570. The largest absolute Gasteiger partial charge is 0.465 e. The van der Waals surface area contributed by atoms with Crippen LogP contribution >= 0.6 is 0 Å². The van der Waals surface area contributed by atoms with Crippen molar-refractivity contribution in [3.05, 3.63) is 11.9 Å². The molecule has 0 bridgehead atoms. The van der Waals surface area contributed by atoms with Crippen LogP contribution in [0.25, 0.3) is 0 Å². The van der Waals surface area contributed by atoms with Gasteiger partial charge in [0.15, 0.2) is 0 Å².